The molecule has 0 aromatic carbocycles. The smallest absolute Gasteiger partial charge is 0.319 e. The minimum absolute atomic E-state index is 0.0385. The molecule has 0 bridgehead atoms. The Hall–Kier alpha value is -1.58. The van der Waals surface area contributed by atoms with Crippen molar-refractivity contribution in [3.8, 4) is 0 Å². The Morgan fingerprint density at radius 3 is 2.65 bits per heavy atom. The first-order chi connectivity index (χ1) is 8.18. The number of nitrogens with one attached hydrogen (secondary N) is 1. The molecule has 2 unspecified atom stereocenters. The molecule has 1 aliphatic heterocycles. The summed E-state index contributed by atoms with van der Waals surface area (Å²) in [6, 6.07) is 6.08. The number of piperidine rings is 1. The summed E-state index contributed by atoms with van der Waals surface area (Å²) in [5, 5.41) is 2.85. The van der Waals surface area contributed by atoms with E-state index < -0.39 is 0 Å². The zero-order chi connectivity index (χ0) is 12.3. The molecule has 0 saturated carbocycles. The summed E-state index contributed by atoms with van der Waals surface area (Å²) in [6.07, 6.45) is 5.05. The largest absolute Gasteiger partial charge is 0.323 e. The van der Waals surface area contributed by atoms with Crippen LogP contribution >= 0.6 is 0 Å². The Bertz CT molecular complexity index is 370. The molecule has 2 rings (SSSR count). The molecule has 0 radical (unpaired) electrons. The van der Waals surface area contributed by atoms with Gasteiger partial charge >= 0.3 is 6.03 Å². The van der Waals surface area contributed by atoms with Gasteiger partial charge < -0.3 is 4.90 Å². The van der Waals surface area contributed by atoms with Gasteiger partial charge in [0.15, 0.2) is 0 Å². The van der Waals surface area contributed by atoms with Gasteiger partial charge in [0.2, 0.25) is 0 Å². The van der Waals surface area contributed by atoms with Crippen LogP contribution in [-0.2, 0) is 0 Å². The number of carbonyl (C=O) groups excluding carboxylic acids is 1. The maximum Gasteiger partial charge on any atom is 0.323 e. The zero-order valence-corrected chi connectivity index (χ0v) is 10.4. The highest BCUT2D eigenvalue weighted by Crippen LogP contribution is 2.23. The second-order valence-corrected chi connectivity index (χ2v) is 4.68. The van der Waals surface area contributed by atoms with Gasteiger partial charge in [0.1, 0.15) is 5.82 Å². The van der Waals surface area contributed by atoms with Crippen LogP contribution in [0.15, 0.2) is 24.4 Å². The minimum atomic E-state index is -0.0385. The average molecular weight is 233 g/mol. The van der Waals surface area contributed by atoms with E-state index in [1.54, 1.807) is 12.3 Å². The second kappa shape index (κ2) is 5.17. The number of amides is 2. The van der Waals surface area contributed by atoms with Crippen LogP contribution in [0.5, 0.6) is 0 Å². The van der Waals surface area contributed by atoms with E-state index in [0.29, 0.717) is 17.9 Å². The van der Waals surface area contributed by atoms with Crippen LogP contribution in [0, 0.1) is 0 Å². The van der Waals surface area contributed by atoms with Gasteiger partial charge in [-0.2, -0.15) is 0 Å². The highest BCUT2D eigenvalue weighted by Gasteiger charge is 2.28. The topological polar surface area (TPSA) is 45.2 Å². The van der Waals surface area contributed by atoms with Crippen LogP contribution in [0.4, 0.5) is 10.6 Å². The van der Waals surface area contributed by atoms with E-state index in [-0.39, 0.29) is 6.03 Å². The fourth-order valence-corrected chi connectivity index (χ4v) is 2.43. The van der Waals surface area contributed by atoms with Gasteiger partial charge in [0, 0.05) is 18.3 Å². The number of anilines is 1. The highest BCUT2D eigenvalue weighted by atomic mass is 16.2. The van der Waals surface area contributed by atoms with Crippen molar-refractivity contribution >= 4 is 11.8 Å². The van der Waals surface area contributed by atoms with Crippen molar-refractivity contribution < 1.29 is 4.79 Å². The molecule has 92 valence electrons. The van der Waals surface area contributed by atoms with Gasteiger partial charge in [0.05, 0.1) is 0 Å². The van der Waals surface area contributed by atoms with Crippen LogP contribution in [-0.4, -0.2) is 28.0 Å². The molecule has 2 amide bonds. The highest BCUT2D eigenvalue weighted by molar-refractivity contribution is 5.88. The van der Waals surface area contributed by atoms with Crippen molar-refractivity contribution in [3.63, 3.8) is 0 Å². The van der Waals surface area contributed by atoms with E-state index in [1.165, 1.54) is 6.42 Å². The number of aromatic nitrogens is 1. The van der Waals surface area contributed by atoms with Crippen LogP contribution in [0.25, 0.3) is 0 Å². The van der Waals surface area contributed by atoms with Crippen molar-refractivity contribution in [2.45, 2.75) is 45.2 Å². The van der Waals surface area contributed by atoms with Gasteiger partial charge in [-0.25, -0.2) is 9.78 Å². The number of likely N-dealkylation sites (tertiary alicyclic amines) is 1. The number of hydrogen-bond acceptors (Lipinski definition) is 2. The third-order valence-corrected chi connectivity index (χ3v) is 3.33. The summed E-state index contributed by atoms with van der Waals surface area (Å²) in [6.45, 7) is 4.21. The lowest BCUT2D eigenvalue weighted by Gasteiger charge is -2.38. The quantitative estimate of drug-likeness (QED) is 0.810. The summed E-state index contributed by atoms with van der Waals surface area (Å²) >= 11 is 0. The van der Waals surface area contributed by atoms with Gasteiger partial charge in [-0.3, -0.25) is 5.32 Å². The second-order valence-electron chi connectivity index (χ2n) is 4.68. The first-order valence-electron chi connectivity index (χ1n) is 6.19. The molecule has 17 heavy (non-hydrogen) atoms. The van der Waals surface area contributed by atoms with Crippen molar-refractivity contribution in [1.82, 2.24) is 9.88 Å². The lowest BCUT2D eigenvalue weighted by atomic mass is 9.98. The van der Waals surface area contributed by atoms with E-state index in [4.69, 9.17) is 0 Å². The molecule has 1 fully saturated rings. The standard InChI is InChI=1S/C13H19N3O/c1-10-6-5-7-11(2)16(10)13(17)15-12-8-3-4-9-14-12/h3-4,8-11H,5-7H2,1-2H3,(H,14,15,17). The first-order valence-corrected chi connectivity index (χ1v) is 6.19. The van der Waals surface area contributed by atoms with Gasteiger partial charge in [0.25, 0.3) is 0 Å². The monoisotopic (exact) mass is 233 g/mol. The number of urea groups is 1. The van der Waals surface area contributed by atoms with E-state index in [1.807, 2.05) is 17.0 Å². The zero-order valence-electron chi connectivity index (χ0n) is 10.4. The van der Waals surface area contributed by atoms with Crippen molar-refractivity contribution in [2.75, 3.05) is 5.32 Å². The van der Waals surface area contributed by atoms with Gasteiger partial charge in [-0.15, -0.1) is 0 Å². The number of rotatable bonds is 1. The molecule has 4 heteroatoms. The molecule has 1 saturated heterocycles. The fourth-order valence-electron chi connectivity index (χ4n) is 2.43. The maximum absolute atomic E-state index is 12.2. The van der Waals surface area contributed by atoms with Gasteiger partial charge in [-0.05, 0) is 45.2 Å². The van der Waals surface area contributed by atoms with E-state index in [9.17, 15) is 4.79 Å². The Kier molecular flexibility index (Phi) is 3.61. The summed E-state index contributed by atoms with van der Waals surface area (Å²) in [5.41, 5.74) is 0. The molecule has 1 aromatic rings. The normalized spacial score (nSPS) is 24.5. The molecule has 1 aromatic heterocycles. The molecule has 2 heterocycles. The summed E-state index contributed by atoms with van der Waals surface area (Å²) in [7, 11) is 0. The molecular weight excluding hydrogens is 214 g/mol. The summed E-state index contributed by atoms with van der Waals surface area (Å²) in [5.74, 6) is 0.613. The van der Waals surface area contributed by atoms with Crippen LogP contribution in [0.2, 0.25) is 0 Å². The Morgan fingerprint density at radius 2 is 2.06 bits per heavy atom. The number of hydrogen-bond donors (Lipinski definition) is 1. The van der Waals surface area contributed by atoms with Crippen LogP contribution in [0.1, 0.15) is 33.1 Å². The fraction of sp³-hybridized carbons (Fsp3) is 0.538. The lowest BCUT2D eigenvalue weighted by Crippen LogP contribution is -2.49. The SMILES string of the molecule is CC1CCCC(C)N1C(=O)Nc1ccccn1. The summed E-state index contributed by atoms with van der Waals surface area (Å²) in [4.78, 5) is 18.2. The molecule has 1 N–H and O–H groups in total. The molecule has 0 aliphatic carbocycles. The van der Waals surface area contributed by atoms with E-state index >= 15 is 0 Å². The number of carbonyl (C=O) groups is 1. The van der Waals surface area contributed by atoms with Crippen molar-refractivity contribution in [1.29, 1.82) is 0 Å². The first kappa shape index (κ1) is 11.9. The van der Waals surface area contributed by atoms with E-state index in [2.05, 4.69) is 24.1 Å². The Balaban J connectivity index is 2.04. The Morgan fingerprint density at radius 1 is 1.35 bits per heavy atom. The maximum atomic E-state index is 12.2. The van der Waals surface area contributed by atoms with Crippen molar-refractivity contribution in [2.24, 2.45) is 0 Å². The van der Waals surface area contributed by atoms with Gasteiger partial charge in [-0.1, -0.05) is 6.07 Å². The van der Waals surface area contributed by atoms with Crippen molar-refractivity contribution in [3.05, 3.63) is 24.4 Å². The van der Waals surface area contributed by atoms with Crippen LogP contribution < -0.4 is 5.32 Å². The summed E-state index contributed by atoms with van der Waals surface area (Å²) < 4.78 is 0. The predicted molar refractivity (Wildman–Crippen MR) is 67.9 cm³/mol. The van der Waals surface area contributed by atoms with Crippen LogP contribution in [0.3, 0.4) is 0 Å². The van der Waals surface area contributed by atoms with E-state index in [0.717, 1.165) is 12.8 Å². The third kappa shape index (κ3) is 2.75. The third-order valence-electron chi connectivity index (χ3n) is 3.33. The predicted octanol–water partition coefficient (Wildman–Crippen LogP) is 2.88. The number of nitrogens with zero attached hydrogens (tertiary/aromatic N) is 2. The molecule has 2 atom stereocenters. The average Bonchev–Trinajstić information content (AvgIpc) is 2.30. The molecule has 1 aliphatic rings. The number of pyridine rings is 1. The molecule has 4 nitrogen and oxygen atoms in total. The molecular formula is C13H19N3O. The molecule has 0 spiro atoms. The Labute approximate surface area is 102 Å². The lowest BCUT2D eigenvalue weighted by molar-refractivity contribution is 0.133. The minimum Gasteiger partial charge on any atom is -0.319 e.